The minimum Gasteiger partial charge on any atom is -1.00 e. The molecule has 0 aliphatic rings. The Balaban J connectivity index is 0. The zero-order chi connectivity index (χ0) is 30.7. The van der Waals surface area contributed by atoms with Gasteiger partial charge in [0, 0.05) is 6.42 Å². The monoisotopic (exact) mass is 744 g/mol. The highest BCUT2D eigenvalue weighted by Crippen LogP contribution is 2.64. The Morgan fingerprint density at radius 2 is 0.868 bits per heavy atom. The molecule has 0 unspecified atom stereocenters. The Bertz CT molecular complexity index is 928. The summed E-state index contributed by atoms with van der Waals surface area (Å²) < 4.78 is 258. The van der Waals surface area contributed by atoms with E-state index >= 15 is 0 Å². The van der Waals surface area contributed by atoms with Gasteiger partial charge in [0.25, 0.3) is 0 Å². The van der Waals surface area contributed by atoms with E-state index in [2.05, 4.69) is 0 Å². The molecule has 232 valence electrons. The van der Waals surface area contributed by atoms with Gasteiger partial charge in [0.2, 0.25) is 0 Å². The number of hydrogen-bond acceptors (Lipinski definition) is 2. The maximum atomic E-state index is 13.8. The third kappa shape index (κ3) is 5.86. The molecule has 0 bridgehead atoms. The summed E-state index contributed by atoms with van der Waals surface area (Å²) >= 11 is 0. The van der Waals surface area contributed by atoms with Gasteiger partial charge in [-0.1, -0.05) is 0 Å². The molecule has 0 atom stereocenters. The number of nitrogens with zero attached hydrogens (tertiary/aromatic N) is 2. The van der Waals surface area contributed by atoms with Gasteiger partial charge in [-0.05, 0) is 4.53 Å². The van der Waals surface area contributed by atoms with Gasteiger partial charge in [0.05, 0.1) is 34.2 Å². The lowest BCUT2D eigenvalue weighted by atomic mass is 9.91. The molecular weight excluding hydrogens is 729 g/mol. The predicted molar refractivity (Wildman–Crippen MR) is 84.9 cm³/mol. The van der Waals surface area contributed by atoms with Crippen molar-refractivity contribution in [3.63, 3.8) is 0 Å². The van der Waals surface area contributed by atoms with Crippen molar-refractivity contribution in [1.29, 1.82) is 0 Å². The van der Waals surface area contributed by atoms with Crippen LogP contribution in [-0.4, -0.2) is 98.6 Å². The van der Waals surface area contributed by atoms with Gasteiger partial charge in [0.1, 0.15) is 0 Å². The van der Waals surface area contributed by atoms with E-state index < -0.39 is 74.5 Å². The summed E-state index contributed by atoms with van der Waals surface area (Å²) in [6.07, 6.45) is -8.77. The maximum absolute atomic E-state index is 13.8. The van der Waals surface area contributed by atoms with Gasteiger partial charge in [0.15, 0.2) is 0 Å². The number of alkyl halides is 17. The number of sulfonamides is 1. The highest BCUT2D eigenvalue weighted by molar-refractivity contribution is 7.90. The van der Waals surface area contributed by atoms with E-state index in [1.54, 1.807) is 0 Å². The van der Waals surface area contributed by atoms with Crippen LogP contribution in [0.5, 0.6) is 0 Å². The molecule has 4 nitrogen and oxygen atoms in total. The van der Waals surface area contributed by atoms with Crippen LogP contribution in [0.3, 0.4) is 0 Å². The first-order valence-electron chi connectivity index (χ1n) is 8.83. The van der Waals surface area contributed by atoms with Crippen LogP contribution in [-0.2, 0) is 10.0 Å². The van der Waals surface area contributed by atoms with Crippen molar-refractivity contribution in [1.82, 2.24) is 4.53 Å². The van der Waals surface area contributed by atoms with Crippen LogP contribution in [0.2, 0.25) is 0 Å². The summed E-state index contributed by atoms with van der Waals surface area (Å²) in [5.41, 5.74) is 0. The molecule has 0 aliphatic carbocycles. The molecule has 24 heteroatoms. The second kappa shape index (κ2) is 10.6. The largest absolute Gasteiger partial charge is 1.00 e. The lowest BCUT2D eigenvalue weighted by Crippen LogP contribution is -3.00. The summed E-state index contributed by atoms with van der Waals surface area (Å²) in [7, 11) is -3.93. The summed E-state index contributed by atoms with van der Waals surface area (Å²) in [6.45, 7) is -2.21. The SMILES string of the molecule is C[N+](C)(C)CCCN(F)S(=O)(=O)C(F)(F)C(F)(F)C(F)(F)C(F)(F)C(F)(F)C(F)(F)C(F)(F)C(F)(F)F.[I-]. The summed E-state index contributed by atoms with van der Waals surface area (Å²) in [6, 6.07) is 0. The molecule has 0 spiro atoms. The number of rotatable bonds is 12. The van der Waals surface area contributed by atoms with Crippen LogP contribution in [0, 0.1) is 0 Å². The van der Waals surface area contributed by atoms with Crippen molar-refractivity contribution in [2.24, 2.45) is 0 Å². The fourth-order valence-corrected chi connectivity index (χ4v) is 3.30. The average Bonchev–Trinajstić information content (AvgIpc) is 2.64. The summed E-state index contributed by atoms with van der Waals surface area (Å²) in [4.78, 5) is 0. The zero-order valence-corrected chi connectivity index (χ0v) is 21.4. The van der Waals surface area contributed by atoms with E-state index in [0.29, 0.717) is 0 Å². The van der Waals surface area contributed by atoms with Crippen molar-refractivity contribution in [2.75, 3.05) is 34.2 Å². The Hall–Kier alpha value is -0.660. The minimum atomic E-state index is -8.95. The number of quaternary nitrogens is 1. The highest BCUT2D eigenvalue weighted by atomic mass is 127. The lowest BCUT2D eigenvalue weighted by Gasteiger charge is -2.42. The first kappa shape index (κ1) is 39.5. The maximum Gasteiger partial charge on any atom is 0.460 e. The quantitative estimate of drug-likeness (QED) is 0.134. The molecule has 0 fully saturated rings. The highest BCUT2D eigenvalue weighted by Gasteiger charge is 2.96. The Labute approximate surface area is 218 Å². The molecular formula is C14H15F18IN2O2S. The molecule has 38 heavy (non-hydrogen) atoms. The van der Waals surface area contributed by atoms with Crippen LogP contribution in [0.4, 0.5) is 79.1 Å². The first-order chi connectivity index (χ1) is 15.6. The average molecular weight is 744 g/mol. The van der Waals surface area contributed by atoms with Crippen molar-refractivity contribution < 1.29 is 116 Å². The molecule has 0 radical (unpaired) electrons. The van der Waals surface area contributed by atoms with Gasteiger partial charge in [-0.25, -0.2) is 8.42 Å². The van der Waals surface area contributed by atoms with Gasteiger partial charge in [-0.3, -0.25) is 0 Å². The molecule has 0 saturated heterocycles. The van der Waals surface area contributed by atoms with E-state index in [-0.39, 0.29) is 35.0 Å². The minimum absolute atomic E-state index is 0. The molecule has 0 heterocycles. The van der Waals surface area contributed by atoms with Crippen molar-refractivity contribution in [3.05, 3.63) is 0 Å². The molecule has 0 amide bonds. The zero-order valence-electron chi connectivity index (χ0n) is 18.4. The Morgan fingerprint density at radius 1 is 0.579 bits per heavy atom. The normalized spacial score (nSPS) is 16.1. The van der Waals surface area contributed by atoms with E-state index in [4.69, 9.17) is 0 Å². The summed E-state index contributed by atoms with van der Waals surface area (Å²) in [5, 5.41) is -7.89. The molecule has 0 N–H and O–H groups in total. The van der Waals surface area contributed by atoms with Gasteiger partial charge < -0.3 is 28.5 Å². The second-order valence-corrected chi connectivity index (χ2v) is 10.2. The smallest absolute Gasteiger partial charge is 0.460 e. The first-order valence-corrected chi connectivity index (χ1v) is 10.3. The van der Waals surface area contributed by atoms with Gasteiger partial charge >= 0.3 is 57.0 Å². The summed E-state index contributed by atoms with van der Waals surface area (Å²) in [5.74, 6) is -52.3. The van der Waals surface area contributed by atoms with Crippen molar-refractivity contribution in [3.8, 4) is 0 Å². The molecule has 0 rings (SSSR count). The van der Waals surface area contributed by atoms with E-state index in [1.807, 2.05) is 0 Å². The fourth-order valence-electron chi connectivity index (χ4n) is 2.23. The van der Waals surface area contributed by atoms with Crippen LogP contribution < -0.4 is 24.0 Å². The van der Waals surface area contributed by atoms with Crippen LogP contribution in [0.1, 0.15) is 6.42 Å². The van der Waals surface area contributed by atoms with Gasteiger partial charge in [-0.2, -0.15) is 74.6 Å². The molecule has 0 saturated carbocycles. The molecule has 0 aromatic rings. The van der Waals surface area contributed by atoms with E-state index in [1.165, 1.54) is 21.1 Å². The van der Waals surface area contributed by atoms with Crippen molar-refractivity contribution in [2.45, 2.75) is 53.4 Å². The van der Waals surface area contributed by atoms with E-state index in [9.17, 15) is 87.5 Å². The lowest BCUT2D eigenvalue weighted by molar-refractivity contribution is -0.870. The standard InChI is InChI=1S/C14H15F18N2O2S.HI/c1-34(2,3)6-4-5-33(32)37(35,36)14(30,31)12(25,26)10(21,22)8(17,18)7(15,16)9(19,20)11(23,24)13(27,28)29;/h4-6H2,1-3H3;1H/q+1;/p-1. The third-order valence-corrected chi connectivity index (χ3v) is 6.05. The van der Waals surface area contributed by atoms with Crippen LogP contribution >= 0.6 is 0 Å². The fraction of sp³-hybridized carbons (Fsp3) is 1.00. The van der Waals surface area contributed by atoms with Gasteiger partial charge in [-0.15, -0.1) is 4.48 Å². The Morgan fingerprint density at radius 3 is 1.16 bits per heavy atom. The third-order valence-electron chi connectivity index (χ3n) is 4.44. The van der Waals surface area contributed by atoms with Crippen LogP contribution in [0.25, 0.3) is 0 Å². The van der Waals surface area contributed by atoms with Crippen LogP contribution in [0.15, 0.2) is 0 Å². The van der Waals surface area contributed by atoms with E-state index in [0.717, 1.165) is 0 Å². The number of halogens is 19. The van der Waals surface area contributed by atoms with Crippen molar-refractivity contribution >= 4 is 10.0 Å². The number of hydrogen-bond donors (Lipinski definition) is 0. The molecule has 0 aromatic heterocycles. The molecule has 0 aromatic carbocycles. The topological polar surface area (TPSA) is 37.4 Å². The predicted octanol–water partition coefficient (Wildman–Crippen LogP) is 2.57. The molecule has 0 aliphatic heterocycles. The Kier molecular flexibility index (Phi) is 11.0. The second-order valence-electron chi connectivity index (χ2n) is 8.34.